The van der Waals surface area contributed by atoms with Gasteiger partial charge >= 0.3 is 5.76 Å². The number of imidazole rings is 1. The van der Waals surface area contributed by atoms with E-state index in [2.05, 4.69) is 10.3 Å². The minimum atomic E-state index is -0.621. The molecule has 0 aliphatic heterocycles. The molecule has 3 aromatic heterocycles. The van der Waals surface area contributed by atoms with Crippen molar-refractivity contribution in [3.05, 3.63) is 93.6 Å². The molecule has 0 aliphatic rings. The number of carbonyl (C=O) groups is 1. The van der Waals surface area contributed by atoms with Gasteiger partial charge in [0, 0.05) is 30.8 Å². The number of anilines is 1. The van der Waals surface area contributed by atoms with E-state index < -0.39 is 10.7 Å². The molecule has 0 radical (unpaired) electrons. The van der Waals surface area contributed by atoms with Crippen molar-refractivity contribution in [2.24, 2.45) is 0 Å². The van der Waals surface area contributed by atoms with Crippen LogP contribution in [0.2, 0.25) is 0 Å². The van der Waals surface area contributed by atoms with Gasteiger partial charge < -0.3 is 9.73 Å². The standard InChI is InChI=1S/C24H19N5O5/c30-21(10-6-14-27-18-12-11-17(29(32)33)15-19(18)34-24(27)31)26-23-22(16-7-2-1-3-8-16)25-20-9-4-5-13-28(20)23/h1-5,7-9,11-13,15H,6,10,14H2,(H,26,30). The predicted molar refractivity (Wildman–Crippen MR) is 126 cm³/mol. The van der Waals surface area contributed by atoms with E-state index in [4.69, 9.17) is 4.42 Å². The molecule has 10 heteroatoms. The highest BCUT2D eigenvalue weighted by Gasteiger charge is 2.17. The van der Waals surface area contributed by atoms with Crippen molar-refractivity contribution >= 4 is 34.2 Å². The second-order valence-electron chi connectivity index (χ2n) is 7.68. The number of hydrogen-bond donors (Lipinski definition) is 1. The summed E-state index contributed by atoms with van der Waals surface area (Å²) >= 11 is 0. The lowest BCUT2D eigenvalue weighted by Gasteiger charge is -2.08. The molecule has 5 aromatic rings. The molecule has 10 nitrogen and oxygen atoms in total. The molecule has 34 heavy (non-hydrogen) atoms. The Hall–Kier alpha value is -4.73. The zero-order chi connectivity index (χ0) is 23.7. The number of nitrogens with one attached hydrogen (secondary N) is 1. The van der Waals surface area contributed by atoms with Gasteiger partial charge in [0.25, 0.3) is 5.69 Å². The van der Waals surface area contributed by atoms with Crippen LogP contribution in [0.3, 0.4) is 0 Å². The normalized spacial score (nSPS) is 11.2. The van der Waals surface area contributed by atoms with Crippen LogP contribution >= 0.6 is 0 Å². The number of fused-ring (bicyclic) bond motifs is 2. The minimum absolute atomic E-state index is 0.141. The topological polar surface area (TPSA) is 125 Å². The number of oxazole rings is 1. The van der Waals surface area contributed by atoms with Crippen LogP contribution in [0.4, 0.5) is 11.5 Å². The van der Waals surface area contributed by atoms with Crippen LogP contribution in [0.15, 0.2) is 82.1 Å². The van der Waals surface area contributed by atoms with E-state index in [9.17, 15) is 19.7 Å². The molecule has 0 aliphatic carbocycles. The first-order valence-corrected chi connectivity index (χ1v) is 10.6. The molecular weight excluding hydrogens is 438 g/mol. The Balaban J connectivity index is 1.33. The lowest BCUT2D eigenvalue weighted by molar-refractivity contribution is -0.384. The third-order valence-electron chi connectivity index (χ3n) is 5.48. The van der Waals surface area contributed by atoms with Crippen LogP contribution in [-0.2, 0) is 11.3 Å². The van der Waals surface area contributed by atoms with E-state index in [1.807, 2.05) is 59.1 Å². The molecule has 0 spiro atoms. The minimum Gasteiger partial charge on any atom is -0.407 e. The summed E-state index contributed by atoms with van der Waals surface area (Å²) in [7, 11) is 0. The van der Waals surface area contributed by atoms with Crippen LogP contribution in [0, 0.1) is 10.1 Å². The zero-order valence-electron chi connectivity index (χ0n) is 17.9. The van der Waals surface area contributed by atoms with Gasteiger partial charge in [-0.05, 0) is 24.6 Å². The third-order valence-corrected chi connectivity index (χ3v) is 5.48. The van der Waals surface area contributed by atoms with Crippen LogP contribution in [0.1, 0.15) is 12.8 Å². The van der Waals surface area contributed by atoms with Gasteiger partial charge in [-0.1, -0.05) is 36.4 Å². The second kappa shape index (κ2) is 8.66. The molecule has 2 aromatic carbocycles. The highest BCUT2D eigenvalue weighted by atomic mass is 16.6. The van der Waals surface area contributed by atoms with E-state index in [0.29, 0.717) is 29.1 Å². The van der Waals surface area contributed by atoms with E-state index in [1.54, 1.807) is 0 Å². The van der Waals surface area contributed by atoms with E-state index in [1.165, 1.54) is 22.8 Å². The lowest BCUT2D eigenvalue weighted by Crippen LogP contribution is -2.17. The fraction of sp³-hybridized carbons (Fsp3) is 0.125. The zero-order valence-corrected chi connectivity index (χ0v) is 17.9. The molecule has 0 fully saturated rings. The van der Waals surface area contributed by atoms with Gasteiger partial charge in [0.1, 0.15) is 17.2 Å². The summed E-state index contributed by atoms with van der Waals surface area (Å²) in [6, 6.07) is 19.2. The Kier molecular flexibility index (Phi) is 5.38. The third kappa shape index (κ3) is 3.92. The van der Waals surface area contributed by atoms with Gasteiger partial charge in [-0.25, -0.2) is 9.78 Å². The van der Waals surface area contributed by atoms with E-state index in [-0.39, 0.29) is 30.1 Å². The summed E-state index contributed by atoms with van der Waals surface area (Å²) in [6.07, 6.45) is 2.36. The SMILES string of the molecule is O=C(CCCn1c(=O)oc2cc([N+](=O)[O-])ccc21)Nc1c(-c2ccccc2)nc2ccccn12. The maximum Gasteiger partial charge on any atom is 0.419 e. The van der Waals surface area contributed by atoms with Crippen LogP contribution in [-0.4, -0.2) is 24.8 Å². The first-order valence-electron chi connectivity index (χ1n) is 10.6. The molecule has 5 rings (SSSR count). The number of amides is 1. The number of nitrogens with zero attached hydrogens (tertiary/aromatic N) is 4. The monoisotopic (exact) mass is 457 g/mol. The number of aromatic nitrogens is 3. The van der Waals surface area contributed by atoms with Crippen molar-refractivity contribution in [2.45, 2.75) is 19.4 Å². The quantitative estimate of drug-likeness (QED) is 0.288. The smallest absolute Gasteiger partial charge is 0.407 e. The second-order valence-corrected chi connectivity index (χ2v) is 7.68. The van der Waals surface area contributed by atoms with Gasteiger partial charge in [-0.15, -0.1) is 0 Å². The summed E-state index contributed by atoms with van der Waals surface area (Å²) in [4.78, 5) is 40.1. The Morgan fingerprint density at radius 1 is 1.09 bits per heavy atom. The molecule has 0 saturated carbocycles. The summed E-state index contributed by atoms with van der Waals surface area (Å²) in [5, 5.41) is 13.9. The van der Waals surface area contributed by atoms with Gasteiger partial charge in [-0.3, -0.25) is 23.9 Å². The van der Waals surface area contributed by atoms with Crippen LogP contribution in [0.25, 0.3) is 28.0 Å². The molecule has 170 valence electrons. The molecule has 0 saturated heterocycles. The van der Waals surface area contributed by atoms with E-state index >= 15 is 0 Å². The fourth-order valence-electron chi connectivity index (χ4n) is 3.89. The number of rotatable bonds is 7. The summed E-state index contributed by atoms with van der Waals surface area (Å²) in [5.41, 5.74) is 2.69. The number of nitro benzene ring substituents is 1. The average Bonchev–Trinajstić information content (AvgIpc) is 3.36. The Morgan fingerprint density at radius 2 is 1.88 bits per heavy atom. The predicted octanol–water partition coefficient (Wildman–Crippen LogP) is 4.24. The largest absolute Gasteiger partial charge is 0.419 e. The Morgan fingerprint density at radius 3 is 2.68 bits per heavy atom. The molecular formula is C24H19N5O5. The number of nitro groups is 1. The highest BCUT2D eigenvalue weighted by molar-refractivity contribution is 5.94. The molecule has 3 heterocycles. The summed E-state index contributed by atoms with van der Waals surface area (Å²) in [6.45, 7) is 0.232. The first-order chi connectivity index (χ1) is 16.5. The Labute approximate surface area is 192 Å². The number of carbonyl (C=O) groups excluding carboxylic acids is 1. The summed E-state index contributed by atoms with van der Waals surface area (Å²) in [5.74, 6) is -0.270. The van der Waals surface area contributed by atoms with Crippen molar-refractivity contribution in [1.82, 2.24) is 14.0 Å². The first kappa shape index (κ1) is 21.1. The number of non-ortho nitro benzene ring substituents is 1. The highest BCUT2D eigenvalue weighted by Crippen LogP contribution is 2.28. The summed E-state index contributed by atoms with van der Waals surface area (Å²) < 4.78 is 8.33. The van der Waals surface area contributed by atoms with E-state index in [0.717, 1.165) is 5.56 Å². The molecule has 0 unspecified atom stereocenters. The van der Waals surface area contributed by atoms with Gasteiger partial charge in [-0.2, -0.15) is 0 Å². The molecule has 0 bridgehead atoms. The maximum atomic E-state index is 12.8. The Bertz CT molecular complexity index is 1580. The molecule has 0 atom stereocenters. The van der Waals surface area contributed by atoms with Crippen molar-refractivity contribution in [3.8, 4) is 11.3 Å². The lowest BCUT2D eigenvalue weighted by atomic mass is 10.1. The molecule has 1 N–H and O–H groups in total. The van der Waals surface area contributed by atoms with Crippen molar-refractivity contribution in [1.29, 1.82) is 0 Å². The van der Waals surface area contributed by atoms with Crippen molar-refractivity contribution in [3.63, 3.8) is 0 Å². The number of benzene rings is 2. The maximum absolute atomic E-state index is 12.8. The average molecular weight is 457 g/mol. The number of aryl methyl sites for hydroxylation is 1. The van der Waals surface area contributed by atoms with Crippen LogP contribution < -0.4 is 11.1 Å². The van der Waals surface area contributed by atoms with Gasteiger partial charge in [0.05, 0.1) is 16.5 Å². The number of hydrogen-bond acceptors (Lipinski definition) is 6. The molecule has 1 amide bonds. The van der Waals surface area contributed by atoms with Crippen molar-refractivity contribution < 1.29 is 14.1 Å². The van der Waals surface area contributed by atoms with Crippen LogP contribution in [0.5, 0.6) is 0 Å². The van der Waals surface area contributed by atoms with Crippen molar-refractivity contribution in [2.75, 3.05) is 5.32 Å². The number of pyridine rings is 1. The van der Waals surface area contributed by atoms with Gasteiger partial charge in [0.15, 0.2) is 5.58 Å². The fourth-order valence-corrected chi connectivity index (χ4v) is 3.89. The van der Waals surface area contributed by atoms with Gasteiger partial charge in [0.2, 0.25) is 5.91 Å².